The van der Waals surface area contributed by atoms with Crippen molar-refractivity contribution in [1.29, 1.82) is 0 Å². The van der Waals surface area contributed by atoms with E-state index in [1.54, 1.807) is 18.5 Å². The first-order chi connectivity index (χ1) is 16.3. The zero-order chi connectivity index (χ0) is 24.5. The molecule has 34 heavy (non-hydrogen) atoms. The lowest BCUT2D eigenvalue weighted by molar-refractivity contribution is -0.146. The molecule has 0 fully saturated rings. The Morgan fingerprint density at radius 2 is 1.74 bits per heavy atom. The summed E-state index contributed by atoms with van der Waals surface area (Å²) in [5, 5.41) is 0.610. The van der Waals surface area contributed by atoms with Gasteiger partial charge in [0.1, 0.15) is 10.5 Å². The zero-order valence-corrected chi connectivity index (χ0v) is 19.9. The molecule has 0 aliphatic carbocycles. The zero-order valence-electron chi connectivity index (χ0n) is 19.1. The van der Waals surface area contributed by atoms with Crippen molar-refractivity contribution < 1.29 is 23.9 Å². The number of benzene rings is 1. The number of fused-ring (bicyclic) bond motifs is 1. The van der Waals surface area contributed by atoms with Crippen LogP contribution in [-0.2, 0) is 25.6 Å². The van der Waals surface area contributed by atoms with Gasteiger partial charge in [-0.05, 0) is 6.42 Å². The van der Waals surface area contributed by atoms with Gasteiger partial charge in [-0.3, -0.25) is 14.4 Å². The third-order valence-corrected chi connectivity index (χ3v) is 5.90. The van der Waals surface area contributed by atoms with Crippen LogP contribution in [0.25, 0.3) is 11.2 Å². The summed E-state index contributed by atoms with van der Waals surface area (Å²) in [5.74, 6) is -0.269. The molecule has 180 valence electrons. The minimum absolute atomic E-state index is 0.0588. The van der Waals surface area contributed by atoms with Crippen molar-refractivity contribution in [1.82, 2.24) is 19.5 Å². The number of imidazole rings is 1. The van der Waals surface area contributed by atoms with E-state index in [4.69, 9.17) is 15.2 Å². The highest BCUT2D eigenvalue weighted by atomic mass is 32.2. The fourth-order valence-corrected chi connectivity index (χ4v) is 4.13. The van der Waals surface area contributed by atoms with Gasteiger partial charge in [-0.2, -0.15) is 4.98 Å². The van der Waals surface area contributed by atoms with Crippen LogP contribution in [0, 0.1) is 5.92 Å². The first-order valence-electron chi connectivity index (χ1n) is 10.8. The third kappa shape index (κ3) is 7.27. The molecule has 3 rings (SSSR count). The van der Waals surface area contributed by atoms with Crippen molar-refractivity contribution in [2.45, 2.75) is 38.3 Å². The molecule has 0 saturated carbocycles. The molecule has 0 radical (unpaired) electrons. The number of carbonyl (C=O) groups excluding carboxylic acids is 3. The number of Topliss-reactive ketones (excluding diaryl/α,β-unsaturated/α-hetero) is 1. The average molecular weight is 486 g/mol. The molecule has 2 aromatic heterocycles. The summed E-state index contributed by atoms with van der Waals surface area (Å²) in [4.78, 5) is 47.8. The van der Waals surface area contributed by atoms with Crippen molar-refractivity contribution in [2.75, 3.05) is 24.7 Å². The van der Waals surface area contributed by atoms with E-state index in [0.29, 0.717) is 46.9 Å². The number of hydrogen-bond donors (Lipinski definition) is 1. The van der Waals surface area contributed by atoms with E-state index in [0.717, 1.165) is 0 Å². The number of nitrogens with zero attached hydrogens (tertiary/aromatic N) is 4. The predicted molar refractivity (Wildman–Crippen MR) is 127 cm³/mol. The molecule has 0 amide bonds. The number of esters is 2. The second-order valence-corrected chi connectivity index (χ2v) is 8.73. The molecule has 0 aliphatic rings. The second-order valence-electron chi connectivity index (χ2n) is 7.64. The van der Waals surface area contributed by atoms with Gasteiger partial charge in [0, 0.05) is 44.0 Å². The van der Waals surface area contributed by atoms with Crippen LogP contribution in [0.15, 0.2) is 41.7 Å². The van der Waals surface area contributed by atoms with Gasteiger partial charge in [0.05, 0.1) is 19.5 Å². The molecule has 0 atom stereocenters. The lowest BCUT2D eigenvalue weighted by Gasteiger charge is -2.16. The number of hydrogen-bond acceptors (Lipinski definition) is 10. The summed E-state index contributed by atoms with van der Waals surface area (Å²) < 4.78 is 12.0. The minimum Gasteiger partial charge on any atom is -0.465 e. The first kappa shape index (κ1) is 25.2. The molecule has 3 aromatic rings. The fourth-order valence-electron chi connectivity index (χ4n) is 3.21. The summed E-state index contributed by atoms with van der Waals surface area (Å²) >= 11 is 1.40. The van der Waals surface area contributed by atoms with E-state index < -0.39 is 11.9 Å². The van der Waals surface area contributed by atoms with E-state index >= 15 is 0 Å². The van der Waals surface area contributed by atoms with Crippen LogP contribution < -0.4 is 5.73 Å². The molecule has 0 saturated heterocycles. The Morgan fingerprint density at radius 3 is 2.38 bits per heavy atom. The number of thioether (sulfide) groups is 1. The maximum atomic E-state index is 12.4. The highest BCUT2D eigenvalue weighted by molar-refractivity contribution is 7.99. The molecule has 1 aromatic carbocycles. The van der Waals surface area contributed by atoms with E-state index in [1.165, 1.54) is 25.6 Å². The number of ether oxygens (including phenoxy) is 2. The van der Waals surface area contributed by atoms with E-state index in [9.17, 15) is 14.4 Å². The van der Waals surface area contributed by atoms with E-state index in [-0.39, 0.29) is 30.9 Å². The third-order valence-electron chi connectivity index (χ3n) is 4.94. The van der Waals surface area contributed by atoms with Crippen LogP contribution in [0.4, 0.5) is 5.95 Å². The summed E-state index contributed by atoms with van der Waals surface area (Å²) in [7, 11) is 0. The van der Waals surface area contributed by atoms with Crippen LogP contribution in [-0.4, -0.2) is 56.2 Å². The minimum atomic E-state index is -0.395. The molecule has 0 unspecified atom stereocenters. The van der Waals surface area contributed by atoms with Gasteiger partial charge in [0.2, 0.25) is 5.95 Å². The second kappa shape index (κ2) is 12.1. The quantitative estimate of drug-likeness (QED) is 0.176. The number of aromatic nitrogens is 4. The topological polar surface area (TPSA) is 139 Å². The number of nitrogen functional groups attached to an aromatic ring is 1. The Labute approximate surface area is 201 Å². The van der Waals surface area contributed by atoms with E-state index in [2.05, 4.69) is 15.0 Å². The number of nitrogens with two attached hydrogens (primary N) is 1. The number of rotatable bonds is 12. The van der Waals surface area contributed by atoms with Gasteiger partial charge >= 0.3 is 11.9 Å². The SMILES string of the molecule is CC(=O)OCC(CCn1cnc2c(SCCC(=O)c3ccccc3)nc(N)nc21)COC(C)=O. The lowest BCUT2D eigenvalue weighted by Crippen LogP contribution is -2.21. The monoisotopic (exact) mass is 485 g/mol. The molecule has 0 spiro atoms. The maximum Gasteiger partial charge on any atom is 0.302 e. The van der Waals surface area contributed by atoms with Gasteiger partial charge in [-0.15, -0.1) is 11.8 Å². The average Bonchev–Trinajstić information content (AvgIpc) is 3.21. The standard InChI is InChI=1S/C23H27N5O5S/c1-15(29)32-12-17(13-33-16(2)30)8-10-28-14-25-20-21(28)26-23(24)27-22(20)34-11-9-19(31)18-6-4-3-5-7-18/h3-7,14,17H,8-13H2,1-2H3,(H2,24,26,27). The number of carbonyl (C=O) groups is 3. The Morgan fingerprint density at radius 1 is 1.06 bits per heavy atom. The van der Waals surface area contributed by atoms with Crippen LogP contribution in [0.2, 0.25) is 0 Å². The largest absolute Gasteiger partial charge is 0.465 e. The van der Waals surface area contributed by atoms with Crippen LogP contribution >= 0.6 is 11.8 Å². The first-order valence-corrected chi connectivity index (χ1v) is 11.8. The normalized spacial score (nSPS) is 11.0. The molecule has 2 N–H and O–H groups in total. The Hall–Kier alpha value is -3.47. The molecule has 2 heterocycles. The molecule has 0 aliphatic heterocycles. The molecule has 0 bridgehead atoms. The highest BCUT2D eigenvalue weighted by Gasteiger charge is 2.17. The number of aryl methyl sites for hydroxylation is 1. The summed E-state index contributed by atoms with van der Waals surface area (Å²) in [6.45, 7) is 3.44. The van der Waals surface area contributed by atoms with Crippen molar-refractivity contribution in [3.63, 3.8) is 0 Å². The van der Waals surface area contributed by atoms with Crippen molar-refractivity contribution in [3.8, 4) is 0 Å². The van der Waals surface area contributed by atoms with Crippen LogP contribution in [0.1, 0.15) is 37.0 Å². The highest BCUT2D eigenvalue weighted by Crippen LogP contribution is 2.26. The summed E-state index contributed by atoms with van der Waals surface area (Å²) in [5.41, 5.74) is 7.78. The number of ketones is 1. The Balaban J connectivity index is 1.66. The van der Waals surface area contributed by atoms with Gasteiger partial charge in [-0.1, -0.05) is 30.3 Å². The Bertz CT molecular complexity index is 1130. The Kier molecular flexibility index (Phi) is 8.97. The van der Waals surface area contributed by atoms with Crippen LogP contribution in [0.5, 0.6) is 0 Å². The fraction of sp³-hybridized carbons (Fsp3) is 0.391. The maximum absolute atomic E-state index is 12.4. The van der Waals surface area contributed by atoms with Crippen molar-refractivity contribution in [3.05, 3.63) is 42.2 Å². The molecular weight excluding hydrogens is 458 g/mol. The van der Waals surface area contributed by atoms with Crippen molar-refractivity contribution in [2.24, 2.45) is 5.92 Å². The predicted octanol–water partition coefficient (Wildman–Crippen LogP) is 2.91. The molecule has 11 heteroatoms. The van der Waals surface area contributed by atoms with Gasteiger partial charge < -0.3 is 19.8 Å². The summed E-state index contributed by atoms with van der Waals surface area (Å²) in [6, 6.07) is 9.14. The van der Waals surface area contributed by atoms with Gasteiger partial charge in [0.25, 0.3) is 0 Å². The molecular formula is C23H27N5O5S. The van der Waals surface area contributed by atoms with Gasteiger partial charge in [-0.25, -0.2) is 9.97 Å². The smallest absolute Gasteiger partial charge is 0.302 e. The molecule has 10 nitrogen and oxygen atoms in total. The van der Waals surface area contributed by atoms with Crippen LogP contribution in [0.3, 0.4) is 0 Å². The van der Waals surface area contributed by atoms with Gasteiger partial charge in [0.15, 0.2) is 11.4 Å². The number of anilines is 1. The summed E-state index contributed by atoms with van der Waals surface area (Å²) in [6.07, 6.45) is 2.56. The van der Waals surface area contributed by atoms with E-state index in [1.807, 2.05) is 22.8 Å². The lowest BCUT2D eigenvalue weighted by atomic mass is 10.1. The van der Waals surface area contributed by atoms with Crippen molar-refractivity contribution >= 4 is 46.6 Å².